The molecule has 0 radical (unpaired) electrons. The highest BCUT2D eigenvalue weighted by Crippen LogP contribution is 2.27. The van der Waals surface area contributed by atoms with Crippen molar-refractivity contribution in [1.82, 2.24) is 0 Å². The highest BCUT2D eigenvalue weighted by atomic mass is 16.7. The van der Waals surface area contributed by atoms with Gasteiger partial charge in [-0.1, -0.05) is 224 Å². The summed E-state index contributed by atoms with van der Waals surface area (Å²) in [5, 5.41) is 72.3. The molecule has 2 rings (SSSR count). The maximum Gasteiger partial charge on any atom is 0.306 e. The van der Waals surface area contributed by atoms with Crippen LogP contribution in [0, 0.1) is 0 Å². The van der Waals surface area contributed by atoms with Crippen molar-refractivity contribution >= 4 is 11.9 Å². The minimum atomic E-state index is -1.76. The van der Waals surface area contributed by atoms with Crippen LogP contribution < -0.4 is 0 Å². The molecule has 11 atom stereocenters. The average molecular weight is 1090 g/mol. The predicted octanol–water partition coefficient (Wildman–Crippen LogP) is 11.1. The third-order valence-electron chi connectivity index (χ3n) is 14.9. The van der Waals surface area contributed by atoms with Gasteiger partial charge in [0, 0.05) is 12.8 Å². The van der Waals surface area contributed by atoms with E-state index in [1.165, 1.54) is 154 Å². The number of rotatable bonds is 50. The Kier molecular flexibility index (Phi) is 44.0. The third kappa shape index (κ3) is 34.2. The van der Waals surface area contributed by atoms with Gasteiger partial charge >= 0.3 is 11.9 Å². The molecule has 7 N–H and O–H groups in total. The molecule has 446 valence electrons. The van der Waals surface area contributed by atoms with Gasteiger partial charge in [-0.2, -0.15) is 0 Å². The summed E-state index contributed by atoms with van der Waals surface area (Å²) < 4.78 is 33.7. The predicted molar refractivity (Wildman–Crippen MR) is 298 cm³/mol. The Labute approximate surface area is 460 Å². The van der Waals surface area contributed by atoms with E-state index in [0.29, 0.717) is 12.8 Å². The van der Waals surface area contributed by atoms with Gasteiger partial charge in [0.15, 0.2) is 18.7 Å². The molecule has 0 aliphatic carbocycles. The molecule has 0 aromatic carbocycles. The Hall–Kier alpha value is -2.02. The van der Waals surface area contributed by atoms with Gasteiger partial charge in [-0.3, -0.25) is 9.59 Å². The van der Waals surface area contributed by atoms with E-state index < -0.39 is 92.7 Å². The number of aliphatic hydroxyl groups excluding tert-OH is 7. The number of esters is 2. The largest absolute Gasteiger partial charge is 0.462 e. The molecule has 76 heavy (non-hydrogen) atoms. The molecule has 2 aliphatic heterocycles. The SMILES string of the molecule is CCCCC/C=C\C/C=C\CCCCCCCCCC(=O)OC(COC(=O)CCCCCCCCCCCCCCCCCCCCCCCCC)COC1OC(COC2OC(CO)C(O)C(O)C2O)C(O)C(O)C1O. The molecule has 0 spiro atoms. The first-order chi connectivity index (χ1) is 37.0. The zero-order valence-corrected chi connectivity index (χ0v) is 47.8. The van der Waals surface area contributed by atoms with Crippen LogP contribution >= 0.6 is 0 Å². The Morgan fingerprint density at radius 3 is 1.25 bits per heavy atom. The fraction of sp³-hybridized carbons (Fsp3) is 0.902. The minimum Gasteiger partial charge on any atom is -0.462 e. The summed E-state index contributed by atoms with van der Waals surface area (Å²) in [5.74, 6) is -0.919. The number of carbonyl (C=O) groups is 2. The van der Waals surface area contributed by atoms with Crippen LogP contribution in [-0.2, 0) is 38.0 Å². The van der Waals surface area contributed by atoms with E-state index in [1.807, 2.05) is 0 Å². The smallest absolute Gasteiger partial charge is 0.306 e. The van der Waals surface area contributed by atoms with Gasteiger partial charge < -0.3 is 64.2 Å². The lowest BCUT2D eigenvalue weighted by Crippen LogP contribution is -2.61. The van der Waals surface area contributed by atoms with Crippen molar-refractivity contribution in [3.05, 3.63) is 24.3 Å². The van der Waals surface area contributed by atoms with Crippen LogP contribution in [0.5, 0.6) is 0 Å². The molecular weight excluding hydrogens is 973 g/mol. The van der Waals surface area contributed by atoms with Gasteiger partial charge in [0.25, 0.3) is 0 Å². The summed E-state index contributed by atoms with van der Waals surface area (Å²) in [5.41, 5.74) is 0. The molecule has 0 bridgehead atoms. The number of hydrogen-bond donors (Lipinski definition) is 7. The van der Waals surface area contributed by atoms with Crippen LogP contribution in [0.1, 0.15) is 258 Å². The number of hydrogen-bond acceptors (Lipinski definition) is 15. The summed E-state index contributed by atoms with van der Waals surface area (Å²) in [6.07, 6.45) is 36.3. The van der Waals surface area contributed by atoms with Crippen LogP contribution in [0.4, 0.5) is 0 Å². The summed E-state index contributed by atoms with van der Waals surface area (Å²) in [4.78, 5) is 25.9. The van der Waals surface area contributed by atoms with Gasteiger partial charge in [-0.25, -0.2) is 0 Å². The molecule has 0 amide bonds. The van der Waals surface area contributed by atoms with Gasteiger partial charge in [-0.15, -0.1) is 0 Å². The van der Waals surface area contributed by atoms with Crippen LogP contribution in [0.2, 0.25) is 0 Å². The Balaban J connectivity index is 1.71. The molecule has 2 saturated heterocycles. The van der Waals surface area contributed by atoms with Crippen molar-refractivity contribution in [2.75, 3.05) is 26.4 Å². The molecule has 2 aliphatic rings. The van der Waals surface area contributed by atoms with Crippen molar-refractivity contribution in [3.8, 4) is 0 Å². The van der Waals surface area contributed by atoms with Gasteiger partial charge in [0.05, 0.1) is 19.8 Å². The number of aliphatic hydroxyl groups is 7. The fourth-order valence-corrected chi connectivity index (χ4v) is 9.90. The topological polar surface area (TPSA) is 231 Å². The van der Waals surface area contributed by atoms with E-state index >= 15 is 0 Å². The average Bonchev–Trinajstić information content (AvgIpc) is 3.41. The molecule has 0 aromatic rings. The van der Waals surface area contributed by atoms with Crippen LogP contribution in [0.3, 0.4) is 0 Å². The quantitative estimate of drug-likeness (QED) is 0.0171. The van der Waals surface area contributed by atoms with Gasteiger partial charge in [0.1, 0.15) is 55.4 Å². The van der Waals surface area contributed by atoms with E-state index in [2.05, 4.69) is 38.2 Å². The Bertz CT molecular complexity index is 1410. The first kappa shape index (κ1) is 70.1. The van der Waals surface area contributed by atoms with Crippen LogP contribution in [0.25, 0.3) is 0 Å². The molecule has 0 saturated carbocycles. The maximum absolute atomic E-state index is 13.1. The zero-order valence-electron chi connectivity index (χ0n) is 47.8. The second-order valence-corrected chi connectivity index (χ2v) is 21.9. The highest BCUT2D eigenvalue weighted by Gasteiger charge is 2.47. The second kappa shape index (κ2) is 47.8. The highest BCUT2D eigenvalue weighted by molar-refractivity contribution is 5.70. The van der Waals surface area contributed by atoms with E-state index in [-0.39, 0.29) is 26.1 Å². The zero-order chi connectivity index (χ0) is 55.3. The lowest BCUT2D eigenvalue weighted by molar-refractivity contribution is -0.332. The fourth-order valence-electron chi connectivity index (χ4n) is 9.90. The lowest BCUT2D eigenvalue weighted by atomic mass is 9.98. The minimum absolute atomic E-state index is 0.159. The normalized spacial score (nSPS) is 24.4. The Morgan fingerprint density at radius 2 is 0.789 bits per heavy atom. The molecular formula is C61H112O15. The summed E-state index contributed by atoms with van der Waals surface area (Å²) in [6, 6.07) is 0. The number of allylic oxidation sites excluding steroid dienone is 4. The standard InChI is InChI=1S/C61H112O15/c1-3-5-7-9-11-13-15-17-19-21-22-23-24-25-26-28-29-31-33-35-37-39-41-43-52(63)71-46-49(74-53(64)44-42-40-38-36-34-32-30-27-20-18-16-14-12-10-8-6-4-2)47-72-60-59(70)57(68)55(66)51(76-60)48-73-61-58(69)56(67)54(65)50(45-62)75-61/h12,14,18,20,49-51,54-62,65-70H,3-11,13,15-17,19,21-48H2,1-2H3/b14-12-,20-18-. The number of ether oxygens (including phenoxy) is 6. The van der Waals surface area contributed by atoms with Crippen LogP contribution in [-0.4, -0.2) is 142 Å². The van der Waals surface area contributed by atoms with Crippen molar-refractivity contribution in [2.24, 2.45) is 0 Å². The van der Waals surface area contributed by atoms with Crippen molar-refractivity contribution in [1.29, 1.82) is 0 Å². The van der Waals surface area contributed by atoms with Gasteiger partial charge in [0.2, 0.25) is 0 Å². The van der Waals surface area contributed by atoms with E-state index in [0.717, 1.165) is 64.2 Å². The summed E-state index contributed by atoms with van der Waals surface area (Å²) in [6.45, 7) is 2.61. The summed E-state index contributed by atoms with van der Waals surface area (Å²) in [7, 11) is 0. The van der Waals surface area contributed by atoms with E-state index in [9.17, 15) is 45.3 Å². The molecule has 15 nitrogen and oxygen atoms in total. The van der Waals surface area contributed by atoms with Gasteiger partial charge in [-0.05, 0) is 44.9 Å². The van der Waals surface area contributed by atoms with Crippen LogP contribution in [0.15, 0.2) is 24.3 Å². The Morgan fingerprint density at radius 1 is 0.421 bits per heavy atom. The van der Waals surface area contributed by atoms with E-state index in [1.54, 1.807) is 0 Å². The number of unbranched alkanes of at least 4 members (excludes halogenated alkanes) is 32. The molecule has 15 heteroatoms. The summed E-state index contributed by atoms with van der Waals surface area (Å²) >= 11 is 0. The number of carbonyl (C=O) groups excluding carboxylic acids is 2. The third-order valence-corrected chi connectivity index (χ3v) is 14.9. The van der Waals surface area contributed by atoms with Crippen molar-refractivity contribution < 1.29 is 73.8 Å². The monoisotopic (exact) mass is 1080 g/mol. The maximum atomic E-state index is 13.1. The molecule has 2 fully saturated rings. The first-order valence-corrected chi connectivity index (χ1v) is 30.9. The molecule has 2 heterocycles. The molecule has 11 unspecified atom stereocenters. The van der Waals surface area contributed by atoms with Crippen molar-refractivity contribution in [2.45, 2.75) is 325 Å². The lowest BCUT2D eigenvalue weighted by Gasteiger charge is -2.42. The van der Waals surface area contributed by atoms with E-state index in [4.69, 9.17) is 28.4 Å². The first-order valence-electron chi connectivity index (χ1n) is 30.9. The van der Waals surface area contributed by atoms with Crippen molar-refractivity contribution in [3.63, 3.8) is 0 Å². The molecule has 0 aromatic heterocycles. The second-order valence-electron chi connectivity index (χ2n) is 21.9.